The van der Waals surface area contributed by atoms with Crippen LogP contribution in [0.4, 0.5) is 10.2 Å². The number of benzene rings is 3. The van der Waals surface area contributed by atoms with Crippen LogP contribution in [0.15, 0.2) is 72.4 Å². The first-order valence-corrected chi connectivity index (χ1v) is 30.2. The second kappa shape index (κ2) is 24.4. The predicted molar refractivity (Wildman–Crippen MR) is 316 cm³/mol. The summed E-state index contributed by atoms with van der Waals surface area (Å²) in [5, 5.41) is 26.0. The molecule has 5 saturated heterocycles. The Bertz CT molecular complexity index is 3320. The van der Waals surface area contributed by atoms with Gasteiger partial charge < -0.3 is 40.9 Å². The fourth-order valence-corrected chi connectivity index (χ4v) is 13.9. The lowest BCUT2D eigenvalue weighted by molar-refractivity contribution is -0.144. The maximum Gasteiger partial charge on any atom is 0.319 e. The van der Waals surface area contributed by atoms with Crippen molar-refractivity contribution in [3.05, 3.63) is 94.5 Å². The number of likely N-dealkylation sites (N-methyl/N-ethyl adjacent to an activating group) is 1. The van der Waals surface area contributed by atoms with E-state index in [-0.39, 0.29) is 78.9 Å². The largest absolute Gasteiger partial charge is 0.462 e. The van der Waals surface area contributed by atoms with Gasteiger partial charge in [0.2, 0.25) is 23.6 Å². The summed E-state index contributed by atoms with van der Waals surface area (Å²) in [5.74, 6) is -1.23. The van der Waals surface area contributed by atoms with E-state index in [0.29, 0.717) is 66.3 Å². The van der Waals surface area contributed by atoms with E-state index in [0.717, 1.165) is 84.5 Å². The average Bonchev–Trinajstić information content (AvgIpc) is 2.62. The molecule has 11 rings (SSSR count). The molecule has 18 nitrogen and oxygen atoms in total. The number of fused-ring (bicyclic) bond motifs is 4. The number of thiazole rings is 1. The zero-order chi connectivity index (χ0) is 57.4. The Kier molecular flexibility index (Phi) is 17.1. The molecule has 5 aliphatic heterocycles. The third-order valence-corrected chi connectivity index (χ3v) is 18.6. The van der Waals surface area contributed by atoms with Gasteiger partial charge in [0.25, 0.3) is 0 Å². The van der Waals surface area contributed by atoms with Crippen LogP contribution in [0, 0.1) is 24.1 Å². The molecule has 3 aromatic heterocycles. The number of carbonyl (C=O) groups excluding carboxylic acids is 4. The average molecular weight is 1160 g/mol. The van der Waals surface area contributed by atoms with Crippen molar-refractivity contribution < 1.29 is 33.4 Å². The van der Waals surface area contributed by atoms with Gasteiger partial charge >= 0.3 is 6.01 Å². The molecule has 21 heteroatoms. The zero-order valence-electron chi connectivity index (χ0n) is 47.3. The number of carbonyl (C=O) groups is 4. The summed E-state index contributed by atoms with van der Waals surface area (Å²) in [7, 11) is 2.09. The number of aromatic nitrogens is 4. The topological polar surface area (TPSA) is 210 Å². The lowest BCUT2D eigenvalue weighted by Gasteiger charge is -2.35. The van der Waals surface area contributed by atoms with Crippen LogP contribution in [0.5, 0.6) is 6.01 Å². The van der Waals surface area contributed by atoms with Gasteiger partial charge in [0.15, 0.2) is 5.82 Å². The standard InChI is InChI=1S/C61H74ClFN12O6S/c1-35-54(82-34-67-35)38-16-14-36(15-17-38)27-66-58(79)48-26-44(76)32-75(48)59(80)55(61(2,3)4)69-49(77)13-8-22-64-57(78)39-20-23-73(24-21-39)42-25-43(72(5)31-42)33-81-60-70-53-46(56(71-60)74-29-40-18-19-41(30-74)68-40)28-65-52(51(53)63)45-11-6-9-37-10-7-12-47(62)50(37)45/h6-7,9-12,14-17,28,34,39-44,48,55,68,76H,8,13,18-27,29-33H2,1-5H3,(H,64,78)(H,66,79)(H,69,77)/t40?,41?,42-,43-,44+,48-,55?/m0/s1. The summed E-state index contributed by atoms with van der Waals surface area (Å²) in [5.41, 5.74) is 4.93. The quantitative estimate of drug-likeness (QED) is 0.0590. The number of likely N-dealkylation sites (tertiary alicyclic amines) is 3. The van der Waals surface area contributed by atoms with Gasteiger partial charge in [-0.2, -0.15) is 9.97 Å². The van der Waals surface area contributed by atoms with E-state index in [1.54, 1.807) is 23.6 Å². The van der Waals surface area contributed by atoms with Crippen LogP contribution in [0.25, 0.3) is 43.4 Å². The Balaban J connectivity index is 0.645. The van der Waals surface area contributed by atoms with Gasteiger partial charge in [-0.15, -0.1) is 11.3 Å². The number of hydrogen-bond donors (Lipinski definition) is 5. The first-order chi connectivity index (χ1) is 39.4. The van der Waals surface area contributed by atoms with E-state index in [1.165, 1.54) is 4.90 Å². The zero-order valence-corrected chi connectivity index (χ0v) is 48.9. The van der Waals surface area contributed by atoms with Gasteiger partial charge in [0.1, 0.15) is 35.7 Å². The van der Waals surface area contributed by atoms with E-state index in [2.05, 4.69) is 48.0 Å². The highest BCUT2D eigenvalue weighted by Crippen LogP contribution is 2.39. The van der Waals surface area contributed by atoms with Crippen molar-refractivity contribution in [3.63, 3.8) is 0 Å². The molecule has 3 unspecified atom stereocenters. The fraction of sp³-hybridized carbons (Fsp3) is 0.508. The van der Waals surface area contributed by atoms with Crippen LogP contribution in [-0.4, -0.2) is 165 Å². The third-order valence-electron chi connectivity index (χ3n) is 17.3. The van der Waals surface area contributed by atoms with Crippen LogP contribution < -0.4 is 30.9 Å². The number of amides is 4. The summed E-state index contributed by atoms with van der Waals surface area (Å²) in [6, 6.07) is 18.4. The molecule has 6 aromatic rings. The third kappa shape index (κ3) is 12.4. The van der Waals surface area contributed by atoms with E-state index in [1.807, 2.05) is 87.8 Å². The molecule has 5 N–H and O–H groups in total. The number of piperazine rings is 1. The van der Waals surface area contributed by atoms with Gasteiger partial charge in [0, 0.05) is 104 Å². The molecular weight excluding hydrogens is 1080 g/mol. The molecule has 3 aromatic carbocycles. The smallest absolute Gasteiger partial charge is 0.319 e. The van der Waals surface area contributed by atoms with Gasteiger partial charge in [-0.25, -0.2) is 9.37 Å². The summed E-state index contributed by atoms with van der Waals surface area (Å²) in [6.07, 6.45) is 5.80. The Morgan fingerprint density at radius 1 is 0.915 bits per heavy atom. The van der Waals surface area contributed by atoms with Crippen molar-refractivity contribution >= 4 is 74.1 Å². The van der Waals surface area contributed by atoms with Crippen LogP contribution in [0.2, 0.25) is 5.02 Å². The number of rotatable bonds is 17. The first-order valence-electron chi connectivity index (χ1n) is 28.9. The van der Waals surface area contributed by atoms with Gasteiger partial charge in [0.05, 0.1) is 27.6 Å². The molecule has 7 atom stereocenters. The SMILES string of the molecule is Cc1ncsc1-c1ccc(CNC(=O)[C@@H]2C[C@@H](O)CN2C(=O)C(NC(=O)CCCNC(=O)C2CCN([C@H]3C[C@@H](COc4nc(N5CC6CCC(C5)N6)c5cnc(-c6cccc7cccc(Cl)c67)c(F)c5n4)N(C)C3)CC2)C(C)(C)C)cc1. The van der Waals surface area contributed by atoms with Crippen molar-refractivity contribution in [2.45, 2.75) is 128 Å². The van der Waals surface area contributed by atoms with E-state index in [9.17, 15) is 24.3 Å². The lowest BCUT2D eigenvalue weighted by Crippen LogP contribution is -2.57. The summed E-state index contributed by atoms with van der Waals surface area (Å²) < 4.78 is 23.5. The minimum Gasteiger partial charge on any atom is -0.462 e. The Morgan fingerprint density at radius 2 is 1.66 bits per heavy atom. The number of piperidine rings is 1. The Morgan fingerprint density at radius 3 is 2.38 bits per heavy atom. The van der Waals surface area contributed by atoms with Crippen molar-refractivity contribution in [2.75, 3.05) is 64.4 Å². The highest BCUT2D eigenvalue weighted by molar-refractivity contribution is 7.13. The van der Waals surface area contributed by atoms with Crippen molar-refractivity contribution in [2.24, 2.45) is 11.3 Å². The summed E-state index contributed by atoms with van der Waals surface area (Å²) in [4.78, 5) is 82.8. The highest BCUT2D eigenvalue weighted by Gasteiger charge is 2.45. The molecule has 0 spiro atoms. The second-order valence-corrected chi connectivity index (χ2v) is 25.4. The first kappa shape index (κ1) is 57.4. The van der Waals surface area contributed by atoms with Crippen LogP contribution >= 0.6 is 22.9 Å². The number of nitrogens with zero attached hydrogens (tertiary/aromatic N) is 8. The Labute approximate surface area is 486 Å². The number of halogens is 2. The maximum atomic E-state index is 17.0. The van der Waals surface area contributed by atoms with E-state index < -0.39 is 35.3 Å². The molecular formula is C61H74ClFN12O6S. The number of aliphatic hydroxyl groups excluding tert-OH is 1. The lowest BCUT2D eigenvalue weighted by atomic mass is 9.85. The molecule has 5 aliphatic rings. The monoisotopic (exact) mass is 1160 g/mol. The van der Waals surface area contributed by atoms with Crippen molar-refractivity contribution in [3.8, 4) is 27.7 Å². The minimum absolute atomic E-state index is 0.0166. The number of pyridine rings is 1. The number of nitrogens with one attached hydrogen (secondary N) is 4. The normalized spacial score (nSPS) is 22.9. The minimum atomic E-state index is -0.948. The number of ether oxygens (including phenoxy) is 1. The van der Waals surface area contributed by atoms with Crippen LogP contribution in [0.3, 0.4) is 0 Å². The van der Waals surface area contributed by atoms with Gasteiger partial charge in [-0.3, -0.25) is 34.0 Å². The number of anilines is 1. The molecule has 0 radical (unpaired) electrons. The fourth-order valence-electron chi connectivity index (χ4n) is 12.8. The summed E-state index contributed by atoms with van der Waals surface area (Å²) >= 11 is 8.27. The molecule has 8 heterocycles. The maximum absolute atomic E-state index is 17.0. The highest BCUT2D eigenvalue weighted by atomic mass is 35.5. The molecule has 82 heavy (non-hydrogen) atoms. The molecule has 2 bridgehead atoms. The number of aryl methyl sites for hydroxylation is 1. The molecule has 4 amide bonds. The Hall–Kier alpha value is -6.42. The van der Waals surface area contributed by atoms with Crippen LogP contribution in [-0.2, 0) is 25.7 Å². The van der Waals surface area contributed by atoms with E-state index in [4.69, 9.17) is 31.3 Å². The van der Waals surface area contributed by atoms with Crippen LogP contribution in [0.1, 0.15) is 83.4 Å². The predicted octanol–water partition coefficient (Wildman–Crippen LogP) is 6.88. The molecule has 434 valence electrons. The van der Waals surface area contributed by atoms with Gasteiger partial charge in [-0.1, -0.05) is 87.0 Å². The van der Waals surface area contributed by atoms with Gasteiger partial charge in [-0.05, 0) is 93.6 Å². The molecule has 0 saturated carbocycles. The number of aliphatic hydroxyl groups is 1. The second-order valence-electron chi connectivity index (χ2n) is 24.1. The summed E-state index contributed by atoms with van der Waals surface area (Å²) in [6.45, 7) is 12.3. The van der Waals surface area contributed by atoms with Crippen molar-refractivity contribution in [1.29, 1.82) is 0 Å². The number of β-amino-alcohol motifs (C(OH)–C–C–N with tert-alkyl or cyclic N) is 1. The number of hydrogen-bond acceptors (Lipinski definition) is 15. The molecule has 0 aliphatic carbocycles. The molecule has 5 fully saturated rings. The van der Waals surface area contributed by atoms with Crippen molar-refractivity contribution in [1.82, 2.24) is 55.9 Å². The van der Waals surface area contributed by atoms with E-state index >= 15 is 4.39 Å².